The average molecular weight is 1630 g/mol. The van der Waals surface area contributed by atoms with Crippen molar-refractivity contribution in [2.24, 2.45) is 35.3 Å². The number of carbonyl (C=O) groups excluding carboxylic acids is 13. The number of aliphatic hydroxyl groups excluding tert-OH is 1. The number of imide groups is 1. The number of benzene rings is 3. The lowest BCUT2D eigenvalue weighted by Crippen LogP contribution is -2.60. The van der Waals surface area contributed by atoms with Gasteiger partial charge in [0.25, 0.3) is 11.8 Å². The number of urea groups is 1. The molecule has 12 atom stereocenters. The summed E-state index contributed by atoms with van der Waals surface area (Å²) in [5.41, 5.74) is 7.89. The number of hydrogen-bond acceptors (Lipinski definition) is 20. The van der Waals surface area contributed by atoms with Gasteiger partial charge in [-0.15, -0.1) is 5.10 Å². The maximum Gasteiger partial charge on any atom is 0.410 e. The SMILES string of the molecule is CC[C@H](C)[C@@H]([C@@H](CC(=O)N1CCCC1[C@@H](OC)[C@@H](C)C(=O)N[C@@H](C)[C@H](O)c1ccccc1)OC)N(C)C(=O)[C@H](NC(=O)[C@H](C(C)C)N(C)C(=O)OCc1ccc(NC(=O)[C@@H](CCCNC(N)=O)NC(=O)[C@@H](NC(=O)CCc2cn(CCN(CC(=O)N(C)CC(=O)O)C(=O)Cc3ccc(N4C(=O)C=CC4=O)cc3)nn2)C(C)C)cc1)C(C)C. The van der Waals surface area contributed by atoms with Crippen LogP contribution < -0.4 is 42.5 Å². The zero-order valence-corrected chi connectivity index (χ0v) is 69.6. The topological polar surface area (TPSA) is 455 Å². The van der Waals surface area contributed by atoms with Crippen molar-refractivity contribution in [1.29, 1.82) is 0 Å². The first-order chi connectivity index (χ1) is 55.4. The summed E-state index contributed by atoms with van der Waals surface area (Å²) >= 11 is 0. The number of likely N-dealkylation sites (N-methyl/N-ethyl adjacent to an activating group) is 3. The lowest BCUT2D eigenvalue weighted by atomic mass is 9.89. The molecule has 640 valence electrons. The molecule has 1 fully saturated rings. The summed E-state index contributed by atoms with van der Waals surface area (Å²) in [5, 5.41) is 45.2. The standard InChI is InChI=1S/C82H118N16O19/c1-16-51(8)73(62(115-14)43-67(103)97-39-21-25-61(97)75(116-15)52(9)76(108)85-53(10)74(107)56-22-18-17-19-23-56)93(12)80(112)71(49(4)5)89-79(111)72(50(6)7)94(13)82(114)117-47-55-26-30-57(31-27-55)86-77(109)60(24-20-38-84-81(83)113)87-78(110)70(48(2)3)88-63(99)35-32-58-44-96(91-90-58)41-40-95(45-68(104)92(11)46-69(105)106)66(102)42-54-28-33-59(34-29-54)98-64(100)36-37-65(98)101/h17-19,22-23,26-31,33-34,36-37,44,48-53,60-62,70-75,107H,16,20-21,24-25,32,35,38-43,45-47H2,1-15H3,(H,85,108)(H,86,109)(H,87,110)(H,88,99)(H,89,111)(H,105,106)(H3,83,84,113)/t51-,52+,53-,60+,61?,62+,70-,71+,72-,73-,74-,75-/m0/s1. The minimum absolute atomic E-state index is 0.0159. The third-order valence-electron chi connectivity index (χ3n) is 21.2. The normalized spacial score (nSPS) is 16.1. The van der Waals surface area contributed by atoms with Crippen molar-refractivity contribution < 1.29 is 91.5 Å². The lowest BCUT2D eigenvalue weighted by Gasteiger charge is -2.41. The highest BCUT2D eigenvalue weighted by Crippen LogP contribution is 2.31. The van der Waals surface area contributed by atoms with Gasteiger partial charge in [0, 0.05) is 91.9 Å². The molecule has 0 bridgehead atoms. The number of likely N-dealkylation sites (tertiary alicyclic amines) is 1. The van der Waals surface area contributed by atoms with Gasteiger partial charge in [0.1, 0.15) is 37.3 Å². The Labute approximate surface area is 683 Å². The summed E-state index contributed by atoms with van der Waals surface area (Å²) in [4.78, 5) is 195. The van der Waals surface area contributed by atoms with Crippen molar-refractivity contribution in [2.75, 3.05) is 78.3 Å². The molecule has 0 aliphatic carbocycles. The highest BCUT2D eigenvalue weighted by atomic mass is 16.6. The third kappa shape index (κ3) is 27.5. The molecule has 4 aromatic rings. The quantitative estimate of drug-likeness (QED) is 0.0224. The van der Waals surface area contributed by atoms with Crippen LogP contribution in [0.15, 0.2) is 97.2 Å². The second-order valence-corrected chi connectivity index (χ2v) is 30.9. The minimum atomic E-state index is -1.26. The molecule has 3 heterocycles. The first-order valence-corrected chi connectivity index (χ1v) is 39.6. The third-order valence-corrected chi connectivity index (χ3v) is 21.2. The van der Waals surface area contributed by atoms with Crippen LogP contribution in [0.1, 0.15) is 143 Å². The van der Waals surface area contributed by atoms with Gasteiger partial charge in [0.2, 0.25) is 53.2 Å². The van der Waals surface area contributed by atoms with E-state index in [1.54, 1.807) is 116 Å². The fourth-order valence-electron chi connectivity index (χ4n) is 14.3. The number of carbonyl (C=O) groups is 14. The summed E-state index contributed by atoms with van der Waals surface area (Å²) in [6, 6.07) is 14.4. The van der Waals surface area contributed by atoms with Gasteiger partial charge in [-0.05, 0) is 97.2 Å². The average Bonchev–Trinajstić information content (AvgIpc) is 1.79. The summed E-state index contributed by atoms with van der Waals surface area (Å²) in [6.07, 6.45) is 2.16. The Balaban J connectivity index is 1.02. The largest absolute Gasteiger partial charge is 0.480 e. The van der Waals surface area contributed by atoms with Crippen LogP contribution in [-0.4, -0.2) is 255 Å². The Morgan fingerprint density at radius 1 is 0.709 bits per heavy atom. The smallest absolute Gasteiger partial charge is 0.410 e. The molecule has 14 amide bonds. The number of carboxylic acids is 1. The number of nitrogens with one attached hydrogen (secondary N) is 6. The fourth-order valence-corrected chi connectivity index (χ4v) is 14.3. The van der Waals surface area contributed by atoms with Crippen molar-refractivity contribution in [1.82, 2.24) is 66.1 Å². The van der Waals surface area contributed by atoms with Gasteiger partial charge in [0.15, 0.2) is 0 Å². The van der Waals surface area contributed by atoms with Crippen LogP contribution in [0.3, 0.4) is 0 Å². The molecular formula is C82H118N16O19. The maximum atomic E-state index is 14.9. The van der Waals surface area contributed by atoms with E-state index in [9.17, 15) is 77.3 Å². The van der Waals surface area contributed by atoms with Crippen LogP contribution >= 0.6 is 0 Å². The molecule has 0 spiro atoms. The Morgan fingerprint density at radius 3 is 1.94 bits per heavy atom. The van der Waals surface area contributed by atoms with Crippen LogP contribution in [0.25, 0.3) is 0 Å². The summed E-state index contributed by atoms with van der Waals surface area (Å²) in [6.45, 7) is 16.9. The molecule has 2 aliphatic rings. The van der Waals surface area contributed by atoms with Crippen molar-refractivity contribution >= 4 is 94.4 Å². The van der Waals surface area contributed by atoms with Crippen molar-refractivity contribution in [3.8, 4) is 0 Å². The molecule has 2 aliphatic heterocycles. The molecule has 1 unspecified atom stereocenters. The summed E-state index contributed by atoms with van der Waals surface area (Å²) < 4.78 is 19.2. The van der Waals surface area contributed by atoms with E-state index in [1.165, 1.54) is 61.1 Å². The van der Waals surface area contributed by atoms with E-state index < -0.39 is 169 Å². The highest BCUT2D eigenvalue weighted by molar-refractivity contribution is 6.28. The van der Waals surface area contributed by atoms with Gasteiger partial charge in [-0.25, -0.2) is 14.5 Å². The number of nitrogens with two attached hydrogens (primary N) is 1. The number of aliphatic hydroxyl groups is 1. The molecule has 1 aromatic heterocycles. The van der Waals surface area contributed by atoms with Crippen LogP contribution in [0.4, 0.5) is 21.0 Å². The fraction of sp³-hybridized carbons (Fsp3) is 0.561. The van der Waals surface area contributed by atoms with E-state index in [0.29, 0.717) is 53.9 Å². The number of aromatic nitrogens is 3. The van der Waals surface area contributed by atoms with Crippen molar-refractivity contribution in [3.05, 3.63) is 120 Å². The number of carboxylic acid groups (broad SMARTS) is 1. The van der Waals surface area contributed by atoms with Crippen molar-refractivity contribution in [3.63, 3.8) is 0 Å². The zero-order chi connectivity index (χ0) is 86.7. The molecule has 35 nitrogen and oxygen atoms in total. The maximum absolute atomic E-state index is 14.9. The number of amides is 14. The van der Waals surface area contributed by atoms with Gasteiger partial charge in [-0.2, -0.15) is 0 Å². The first-order valence-electron chi connectivity index (χ1n) is 39.6. The number of aliphatic carboxylic acids is 1. The predicted molar refractivity (Wildman–Crippen MR) is 431 cm³/mol. The monoisotopic (exact) mass is 1630 g/mol. The van der Waals surface area contributed by atoms with E-state index >= 15 is 0 Å². The summed E-state index contributed by atoms with van der Waals surface area (Å²) in [5.74, 6) is -9.29. The number of aryl methyl sites for hydroxylation is 1. The minimum Gasteiger partial charge on any atom is -0.480 e. The Bertz CT molecular complexity index is 4090. The van der Waals surface area contributed by atoms with Crippen LogP contribution in [-0.2, 0) is 97.7 Å². The molecule has 3 aromatic carbocycles. The molecule has 0 saturated carbocycles. The van der Waals surface area contributed by atoms with Gasteiger partial charge >= 0.3 is 18.1 Å². The Morgan fingerprint density at radius 2 is 1.35 bits per heavy atom. The van der Waals surface area contributed by atoms with E-state index in [0.717, 1.165) is 26.9 Å². The number of ether oxygens (including phenoxy) is 3. The van der Waals surface area contributed by atoms with Crippen LogP contribution in [0.5, 0.6) is 0 Å². The number of primary amides is 1. The van der Waals surface area contributed by atoms with Gasteiger partial charge in [-0.3, -0.25) is 67.1 Å². The molecule has 117 heavy (non-hydrogen) atoms. The molecule has 10 N–H and O–H groups in total. The summed E-state index contributed by atoms with van der Waals surface area (Å²) in [7, 11) is 7.32. The number of methoxy groups -OCH3 is 2. The lowest BCUT2D eigenvalue weighted by molar-refractivity contribution is -0.148. The van der Waals surface area contributed by atoms with Gasteiger partial charge < -0.3 is 81.7 Å². The number of anilines is 2. The second-order valence-electron chi connectivity index (χ2n) is 30.9. The van der Waals surface area contributed by atoms with Gasteiger partial charge in [0.05, 0.1) is 79.7 Å². The molecule has 1 saturated heterocycles. The number of rotatable bonds is 45. The number of nitrogens with zero attached hydrogens (tertiary/aromatic N) is 9. The van der Waals surface area contributed by atoms with E-state index in [1.807, 2.05) is 32.0 Å². The first kappa shape index (κ1) is 94.7. The van der Waals surface area contributed by atoms with E-state index in [2.05, 4.69) is 42.2 Å². The van der Waals surface area contributed by atoms with E-state index in [4.69, 9.17) is 19.9 Å². The molecule has 35 heteroatoms. The Hall–Kier alpha value is -11.2. The number of hydrogen-bond donors (Lipinski definition) is 9. The van der Waals surface area contributed by atoms with Crippen molar-refractivity contribution in [2.45, 2.75) is 201 Å². The van der Waals surface area contributed by atoms with Gasteiger partial charge in [-0.1, -0.05) is 129 Å². The zero-order valence-electron chi connectivity index (χ0n) is 69.6. The Kier molecular flexibility index (Phi) is 36.7. The second kappa shape index (κ2) is 45.3. The molecule has 0 radical (unpaired) electrons. The highest BCUT2D eigenvalue weighted by Gasteiger charge is 2.45. The van der Waals surface area contributed by atoms with Crippen LogP contribution in [0, 0.1) is 29.6 Å². The van der Waals surface area contributed by atoms with E-state index in [-0.39, 0.29) is 88.2 Å². The van der Waals surface area contributed by atoms with Crippen LogP contribution in [0.2, 0.25) is 0 Å². The molecule has 6 rings (SSSR count). The predicted octanol–water partition coefficient (Wildman–Crippen LogP) is 3.86. The molecular weight excluding hydrogens is 1510 g/mol.